The number of alkyl halides is 1. The number of pyridine rings is 1. The fraction of sp³-hybridized carbons (Fsp3) is 0.333. The molecule has 0 aliphatic carbocycles. The van der Waals surface area contributed by atoms with Gasteiger partial charge in [0.1, 0.15) is 0 Å². The first-order valence-electron chi connectivity index (χ1n) is 5.45. The van der Waals surface area contributed by atoms with Gasteiger partial charge in [-0.05, 0) is 32.0 Å². The second-order valence-electron chi connectivity index (χ2n) is 3.88. The molecule has 0 aliphatic heterocycles. The van der Waals surface area contributed by atoms with Gasteiger partial charge in [-0.1, -0.05) is 6.07 Å². The first-order chi connectivity index (χ1) is 9.10. The molecule has 0 unspecified atom stereocenters. The van der Waals surface area contributed by atoms with Crippen molar-refractivity contribution in [2.75, 3.05) is 0 Å². The maximum atomic E-state index is 5.75. The number of nitrogens with zero attached hydrogens (tertiary/aromatic N) is 3. The van der Waals surface area contributed by atoms with Crippen molar-refractivity contribution in [1.82, 2.24) is 14.8 Å². The van der Waals surface area contributed by atoms with Gasteiger partial charge in [-0.25, -0.2) is 0 Å². The molecule has 0 bridgehead atoms. The van der Waals surface area contributed by atoms with E-state index >= 15 is 0 Å². The summed E-state index contributed by atoms with van der Waals surface area (Å²) in [4.78, 5) is 4.44. The van der Waals surface area contributed by atoms with Crippen LogP contribution in [0.1, 0.15) is 22.8 Å². The summed E-state index contributed by atoms with van der Waals surface area (Å²) in [5, 5.41) is 4.40. The summed E-state index contributed by atoms with van der Waals surface area (Å²) >= 11 is 11.8. The topological polar surface area (TPSA) is 30.7 Å². The van der Waals surface area contributed by atoms with E-state index in [9.17, 15) is 0 Å². The second-order valence-corrected chi connectivity index (χ2v) is 9.14. The van der Waals surface area contributed by atoms with Crippen molar-refractivity contribution in [3.8, 4) is 0 Å². The van der Waals surface area contributed by atoms with E-state index in [2.05, 4.69) is 44.6 Å². The molecule has 0 aromatic carbocycles. The predicted molar refractivity (Wildman–Crippen MR) is 82.5 cm³/mol. The zero-order chi connectivity index (χ0) is 14.3. The van der Waals surface area contributed by atoms with Crippen molar-refractivity contribution >= 4 is 40.1 Å². The molecular formula is C12H14Br2ClN3Ni. The van der Waals surface area contributed by atoms with Gasteiger partial charge in [-0.3, -0.25) is 9.67 Å². The van der Waals surface area contributed by atoms with Crippen molar-refractivity contribution in [2.45, 2.75) is 26.3 Å². The van der Waals surface area contributed by atoms with Crippen LogP contribution in [-0.4, -0.2) is 14.8 Å². The van der Waals surface area contributed by atoms with Gasteiger partial charge in [-0.2, -0.15) is 5.10 Å². The molecule has 3 nitrogen and oxygen atoms in total. The summed E-state index contributed by atoms with van der Waals surface area (Å²) in [7, 11) is 1.25. The van der Waals surface area contributed by atoms with E-state index in [0.717, 1.165) is 22.8 Å². The molecule has 0 fully saturated rings. The van der Waals surface area contributed by atoms with E-state index in [1.54, 1.807) is 0 Å². The summed E-state index contributed by atoms with van der Waals surface area (Å²) in [5.74, 6) is 0.449. The van der Waals surface area contributed by atoms with Gasteiger partial charge in [-0.15, -0.1) is 11.6 Å². The first-order valence-corrected chi connectivity index (χ1v) is 10.9. The summed E-state index contributed by atoms with van der Waals surface area (Å²) < 4.78 is 1.95. The van der Waals surface area contributed by atoms with Gasteiger partial charge in [0.15, 0.2) is 0 Å². The van der Waals surface area contributed by atoms with Gasteiger partial charge in [0.2, 0.25) is 0 Å². The third-order valence-corrected chi connectivity index (χ3v) is 2.69. The summed E-state index contributed by atoms with van der Waals surface area (Å²) in [6, 6.07) is 7.96. The molecule has 0 N–H and O–H groups in total. The second kappa shape index (κ2) is 9.12. The third-order valence-electron chi connectivity index (χ3n) is 2.42. The van der Waals surface area contributed by atoms with E-state index in [1.165, 1.54) is 10.9 Å². The van der Waals surface area contributed by atoms with Crippen LogP contribution in [-0.2, 0) is 23.3 Å². The Bertz CT molecular complexity index is 519. The van der Waals surface area contributed by atoms with Gasteiger partial charge < -0.3 is 0 Å². The van der Waals surface area contributed by atoms with Crippen LogP contribution < -0.4 is 0 Å². The third kappa shape index (κ3) is 5.94. The van der Waals surface area contributed by atoms with Gasteiger partial charge >= 0.3 is 39.3 Å². The van der Waals surface area contributed by atoms with E-state index < -0.39 is 0 Å². The summed E-state index contributed by atoms with van der Waals surface area (Å²) in [6.07, 6.45) is 0. The van der Waals surface area contributed by atoms with Crippen LogP contribution in [0.4, 0.5) is 0 Å². The standard InChI is InChI=1S/C12H14ClN3.2BrH.Ni/c1-9-6-10(2)16(15-9)8-12-5-3-4-11(7-13)14-12;;;/h3-6H,7-8H2,1-2H3;2*1H;/q;;;+2/p-2. The van der Waals surface area contributed by atoms with Gasteiger partial charge in [0.05, 0.1) is 29.5 Å². The van der Waals surface area contributed by atoms with E-state index in [1.807, 2.05) is 36.7 Å². The molecule has 2 heterocycles. The fourth-order valence-electron chi connectivity index (χ4n) is 1.68. The normalized spacial score (nSPS) is 10.2. The number of halogens is 3. The van der Waals surface area contributed by atoms with E-state index in [4.69, 9.17) is 11.6 Å². The zero-order valence-electron chi connectivity index (χ0n) is 10.5. The number of hydrogen-bond donors (Lipinski definition) is 0. The Hall–Kier alpha value is 0.104. The SMILES string of the molecule is Cc1cc(C)n(Cc2cccc(CCl)n2)n1.[Br][Ni][Br]. The summed E-state index contributed by atoms with van der Waals surface area (Å²) in [6.45, 7) is 4.74. The number of aryl methyl sites for hydroxylation is 2. The fourth-order valence-corrected chi connectivity index (χ4v) is 1.83. The van der Waals surface area contributed by atoms with Gasteiger partial charge in [0, 0.05) is 5.69 Å². The Kier molecular flexibility index (Phi) is 8.23. The quantitative estimate of drug-likeness (QED) is 0.510. The maximum absolute atomic E-state index is 5.75. The van der Waals surface area contributed by atoms with E-state index in [0.29, 0.717) is 12.4 Å². The van der Waals surface area contributed by atoms with Gasteiger partial charge in [0.25, 0.3) is 0 Å². The first kappa shape index (κ1) is 17.2. The van der Waals surface area contributed by atoms with Crippen LogP contribution in [0, 0.1) is 13.8 Å². The van der Waals surface area contributed by atoms with Crippen LogP contribution in [0.15, 0.2) is 24.3 Å². The van der Waals surface area contributed by atoms with Crippen LogP contribution in [0.2, 0.25) is 0 Å². The van der Waals surface area contributed by atoms with Crippen molar-refractivity contribution in [3.63, 3.8) is 0 Å². The van der Waals surface area contributed by atoms with Crippen LogP contribution in [0.5, 0.6) is 0 Å². The molecule has 108 valence electrons. The molecular weight excluding hydrogens is 440 g/mol. The monoisotopic (exact) mass is 451 g/mol. The number of hydrogen-bond acceptors (Lipinski definition) is 2. The molecule has 2 aromatic heterocycles. The molecule has 0 saturated carbocycles. The zero-order valence-corrected chi connectivity index (χ0v) is 15.4. The van der Waals surface area contributed by atoms with Crippen molar-refractivity contribution < 1.29 is 10.9 Å². The molecule has 0 saturated heterocycles. The Morgan fingerprint density at radius 3 is 2.42 bits per heavy atom. The molecule has 2 aromatic rings. The van der Waals surface area contributed by atoms with Crippen LogP contribution in [0.25, 0.3) is 0 Å². The molecule has 7 heteroatoms. The summed E-state index contributed by atoms with van der Waals surface area (Å²) in [5.41, 5.74) is 4.08. The van der Waals surface area contributed by atoms with Crippen LogP contribution >= 0.6 is 40.1 Å². The molecule has 0 spiro atoms. The van der Waals surface area contributed by atoms with E-state index in [-0.39, 0.29) is 0 Å². The van der Waals surface area contributed by atoms with Crippen LogP contribution in [0.3, 0.4) is 0 Å². The number of aromatic nitrogens is 3. The molecule has 0 amide bonds. The average molecular weight is 454 g/mol. The Morgan fingerprint density at radius 2 is 1.89 bits per heavy atom. The Balaban J connectivity index is 0.000000550. The van der Waals surface area contributed by atoms with Crippen molar-refractivity contribution in [2.24, 2.45) is 0 Å². The van der Waals surface area contributed by atoms with Crippen molar-refractivity contribution in [3.05, 3.63) is 47.0 Å². The molecule has 19 heavy (non-hydrogen) atoms. The average Bonchev–Trinajstić information content (AvgIpc) is 2.69. The minimum atomic E-state index is 0.449. The molecule has 2 rings (SSSR count). The van der Waals surface area contributed by atoms with Crippen molar-refractivity contribution in [1.29, 1.82) is 0 Å². The Labute approximate surface area is 138 Å². The Morgan fingerprint density at radius 1 is 1.26 bits per heavy atom. The predicted octanol–water partition coefficient (Wildman–Crippen LogP) is 4.37. The number of rotatable bonds is 3. The molecule has 0 aliphatic rings. The minimum absolute atomic E-state index is 0.449. The molecule has 0 radical (unpaired) electrons. The molecule has 0 atom stereocenters.